The van der Waals surface area contributed by atoms with Crippen molar-refractivity contribution in [3.8, 4) is 0 Å². The Kier molecular flexibility index (Phi) is 5.56. The van der Waals surface area contributed by atoms with Gasteiger partial charge in [-0.05, 0) is 42.5 Å². The molecule has 3 aromatic carbocycles. The van der Waals surface area contributed by atoms with Gasteiger partial charge in [-0.25, -0.2) is 0 Å². The summed E-state index contributed by atoms with van der Waals surface area (Å²) in [5, 5.41) is 5.56. The van der Waals surface area contributed by atoms with E-state index in [2.05, 4.69) is 10.6 Å². The first kappa shape index (κ1) is 22.9. The number of rotatable bonds is 4. The molecule has 7 nitrogen and oxygen atoms in total. The summed E-state index contributed by atoms with van der Waals surface area (Å²) < 4.78 is 50.3. The van der Waals surface area contributed by atoms with Gasteiger partial charge >= 0.3 is 6.18 Å². The van der Waals surface area contributed by atoms with Crippen molar-refractivity contribution in [1.29, 1.82) is 0 Å². The van der Waals surface area contributed by atoms with E-state index in [1.54, 1.807) is 42.5 Å². The van der Waals surface area contributed by atoms with E-state index >= 15 is 0 Å². The van der Waals surface area contributed by atoms with E-state index < -0.39 is 29.0 Å². The Hall–Kier alpha value is -4.86. The molecule has 2 amide bonds. The van der Waals surface area contributed by atoms with Crippen LogP contribution < -0.4 is 16.1 Å². The normalized spacial score (nSPS) is 11.5. The number of hydrogen-bond donors (Lipinski definition) is 2. The number of alkyl halides is 3. The average molecular weight is 492 g/mol. The van der Waals surface area contributed by atoms with E-state index in [1.165, 1.54) is 12.1 Å². The fourth-order valence-electron chi connectivity index (χ4n) is 3.68. The Balaban J connectivity index is 1.50. The summed E-state index contributed by atoms with van der Waals surface area (Å²) in [5.41, 5.74) is -1.06. The smallest absolute Gasteiger partial charge is 0.416 e. The van der Waals surface area contributed by atoms with Crippen LogP contribution in [0, 0.1) is 0 Å². The lowest BCUT2D eigenvalue weighted by molar-refractivity contribution is -0.137. The van der Waals surface area contributed by atoms with E-state index in [-0.39, 0.29) is 34.1 Å². The third-order valence-electron chi connectivity index (χ3n) is 5.35. The number of para-hydroxylation sites is 2. The van der Waals surface area contributed by atoms with E-state index in [1.807, 2.05) is 0 Å². The summed E-state index contributed by atoms with van der Waals surface area (Å²) in [5.74, 6) is -2.35. The van der Waals surface area contributed by atoms with Crippen LogP contribution in [0.5, 0.6) is 0 Å². The van der Waals surface area contributed by atoms with Crippen molar-refractivity contribution < 1.29 is 31.6 Å². The second kappa shape index (κ2) is 8.73. The summed E-state index contributed by atoms with van der Waals surface area (Å²) in [6.07, 6.45) is -4.59. The number of nitrogens with one attached hydrogen (secondary N) is 2. The quantitative estimate of drug-likeness (QED) is 0.318. The van der Waals surface area contributed by atoms with Crippen LogP contribution in [-0.4, -0.2) is 11.8 Å². The number of halogens is 3. The highest BCUT2D eigenvalue weighted by molar-refractivity contribution is 6.16. The van der Waals surface area contributed by atoms with E-state index in [4.69, 9.17) is 8.83 Å². The zero-order valence-corrected chi connectivity index (χ0v) is 18.2. The minimum absolute atomic E-state index is 0.0316. The Bertz CT molecular complexity index is 1700. The average Bonchev–Trinajstić information content (AvgIpc) is 3.22. The molecule has 0 radical (unpaired) electrons. The first-order valence-electron chi connectivity index (χ1n) is 10.5. The van der Waals surface area contributed by atoms with Crippen molar-refractivity contribution in [1.82, 2.24) is 0 Å². The Morgan fingerprint density at radius 3 is 2.11 bits per heavy atom. The third-order valence-corrected chi connectivity index (χ3v) is 5.35. The molecule has 2 N–H and O–H groups in total. The van der Waals surface area contributed by atoms with Gasteiger partial charge in [-0.15, -0.1) is 0 Å². The van der Waals surface area contributed by atoms with Gasteiger partial charge in [-0.1, -0.05) is 30.3 Å². The van der Waals surface area contributed by atoms with Gasteiger partial charge in [-0.2, -0.15) is 13.2 Å². The molecule has 5 rings (SSSR count). The Morgan fingerprint density at radius 1 is 0.722 bits per heavy atom. The van der Waals surface area contributed by atoms with Gasteiger partial charge in [0.25, 0.3) is 11.8 Å². The molecule has 0 spiro atoms. The molecule has 0 atom stereocenters. The zero-order chi connectivity index (χ0) is 25.4. The summed E-state index contributed by atoms with van der Waals surface area (Å²) >= 11 is 0. The molecule has 0 aliphatic rings. The molecule has 0 aliphatic heterocycles. The summed E-state index contributed by atoms with van der Waals surface area (Å²) in [6.45, 7) is 0. The van der Waals surface area contributed by atoms with Crippen LogP contribution in [-0.2, 0) is 6.18 Å². The fraction of sp³-hybridized carbons (Fsp3) is 0.0385. The summed E-state index contributed by atoms with van der Waals surface area (Å²) in [7, 11) is 0. The molecular weight excluding hydrogens is 477 g/mol. The van der Waals surface area contributed by atoms with Crippen LogP contribution >= 0.6 is 0 Å². The van der Waals surface area contributed by atoms with Crippen molar-refractivity contribution in [2.45, 2.75) is 6.18 Å². The first-order valence-corrected chi connectivity index (χ1v) is 10.5. The van der Waals surface area contributed by atoms with Gasteiger partial charge in [0.2, 0.25) is 5.76 Å². The maximum atomic E-state index is 13.1. The molecule has 0 aliphatic carbocycles. The molecular formula is C26H15F3N2O5. The van der Waals surface area contributed by atoms with Crippen LogP contribution in [0.3, 0.4) is 0 Å². The predicted octanol–water partition coefficient (Wildman–Crippen LogP) is 6.06. The number of carbonyl (C=O) groups is 2. The monoisotopic (exact) mass is 492 g/mol. The van der Waals surface area contributed by atoms with Crippen LogP contribution in [0.25, 0.3) is 21.9 Å². The maximum Gasteiger partial charge on any atom is 0.416 e. The lowest BCUT2D eigenvalue weighted by Crippen LogP contribution is -2.18. The second-order valence-corrected chi connectivity index (χ2v) is 7.76. The van der Waals surface area contributed by atoms with Crippen molar-refractivity contribution in [2.24, 2.45) is 0 Å². The SMILES string of the molecule is O=C(Nc1c(C(=O)Nc2cccc(C(F)(F)F)c2)oc2ccccc12)c1cc(=O)c2ccccc2o1. The minimum Gasteiger partial charge on any atom is -0.451 e. The van der Waals surface area contributed by atoms with Gasteiger partial charge in [-0.3, -0.25) is 14.4 Å². The molecule has 0 saturated carbocycles. The zero-order valence-electron chi connectivity index (χ0n) is 18.2. The number of fused-ring (bicyclic) bond motifs is 2. The molecule has 0 bridgehead atoms. The lowest BCUT2D eigenvalue weighted by Gasteiger charge is -2.10. The Labute approximate surface area is 200 Å². The lowest BCUT2D eigenvalue weighted by atomic mass is 10.1. The van der Waals surface area contributed by atoms with E-state index in [9.17, 15) is 27.6 Å². The second-order valence-electron chi connectivity index (χ2n) is 7.76. The van der Waals surface area contributed by atoms with Gasteiger partial charge in [0, 0.05) is 17.1 Å². The third kappa shape index (κ3) is 4.31. The number of amides is 2. The molecule has 180 valence electrons. The largest absolute Gasteiger partial charge is 0.451 e. The standard InChI is InChI=1S/C26H15F3N2O5/c27-26(28,29)14-6-5-7-15(12-14)30-25(34)23-22(17-9-2-4-11-20(17)36-23)31-24(33)21-13-18(32)16-8-1-3-10-19(16)35-21/h1-13H,(H,30,34)(H,31,33). The maximum absolute atomic E-state index is 13.1. The van der Waals surface area contributed by atoms with E-state index in [0.717, 1.165) is 24.3 Å². The van der Waals surface area contributed by atoms with Gasteiger partial charge in [0.15, 0.2) is 11.2 Å². The molecule has 2 aromatic heterocycles. The molecule has 0 fully saturated rings. The first-order chi connectivity index (χ1) is 17.2. The fourth-order valence-corrected chi connectivity index (χ4v) is 3.68. The molecule has 36 heavy (non-hydrogen) atoms. The van der Waals surface area contributed by atoms with Crippen LogP contribution in [0.15, 0.2) is 92.5 Å². The molecule has 5 aromatic rings. The number of hydrogen-bond acceptors (Lipinski definition) is 5. The van der Waals surface area contributed by atoms with Crippen molar-refractivity contribution in [2.75, 3.05) is 10.6 Å². The van der Waals surface area contributed by atoms with Gasteiger partial charge < -0.3 is 19.5 Å². The number of benzene rings is 3. The van der Waals surface area contributed by atoms with Crippen LogP contribution in [0.1, 0.15) is 26.7 Å². The molecule has 0 saturated heterocycles. The minimum atomic E-state index is -4.59. The van der Waals surface area contributed by atoms with Crippen LogP contribution in [0.2, 0.25) is 0 Å². The van der Waals surface area contributed by atoms with Gasteiger partial charge in [0.1, 0.15) is 16.9 Å². The topological polar surface area (TPSA) is 102 Å². The van der Waals surface area contributed by atoms with Crippen LogP contribution in [0.4, 0.5) is 24.5 Å². The van der Waals surface area contributed by atoms with Crippen molar-refractivity contribution >= 4 is 45.1 Å². The summed E-state index contributed by atoms with van der Waals surface area (Å²) in [6, 6.07) is 18.0. The molecule has 10 heteroatoms. The molecule has 0 unspecified atom stereocenters. The number of anilines is 2. The van der Waals surface area contributed by atoms with E-state index in [0.29, 0.717) is 10.8 Å². The highest BCUT2D eigenvalue weighted by atomic mass is 19.4. The predicted molar refractivity (Wildman–Crippen MR) is 126 cm³/mol. The number of carbonyl (C=O) groups excluding carboxylic acids is 2. The Morgan fingerprint density at radius 2 is 1.39 bits per heavy atom. The van der Waals surface area contributed by atoms with Crippen molar-refractivity contribution in [3.63, 3.8) is 0 Å². The molecule has 2 heterocycles. The highest BCUT2D eigenvalue weighted by Crippen LogP contribution is 2.33. The van der Waals surface area contributed by atoms with Crippen molar-refractivity contribution in [3.05, 3.63) is 106 Å². The number of furan rings is 1. The highest BCUT2D eigenvalue weighted by Gasteiger charge is 2.31. The summed E-state index contributed by atoms with van der Waals surface area (Å²) in [4.78, 5) is 38.4. The van der Waals surface area contributed by atoms with Gasteiger partial charge in [0.05, 0.1) is 10.9 Å².